The van der Waals surface area contributed by atoms with E-state index in [0.717, 1.165) is 0 Å². The molecular weight excluding hydrogens is 308 g/mol. The van der Waals surface area contributed by atoms with Crippen LogP contribution in [-0.2, 0) is 0 Å². The van der Waals surface area contributed by atoms with Gasteiger partial charge in [-0.15, -0.1) is 0 Å². The SMILES string of the molecule is COc1cc(NC(=O)c2c[nH]c(C)cc2=O)c(OC)cc1Cl. The predicted octanol–water partition coefficient (Wildman–Crippen LogP) is 2.61. The van der Waals surface area contributed by atoms with E-state index in [2.05, 4.69) is 10.3 Å². The first-order chi connectivity index (χ1) is 10.5. The van der Waals surface area contributed by atoms with Crippen molar-refractivity contribution >= 4 is 23.2 Å². The Morgan fingerprint density at radius 3 is 2.45 bits per heavy atom. The molecule has 1 aromatic heterocycles. The minimum absolute atomic E-state index is 0.00145. The average Bonchev–Trinajstić information content (AvgIpc) is 2.48. The number of nitrogens with one attached hydrogen (secondary N) is 2. The molecule has 0 saturated heterocycles. The topological polar surface area (TPSA) is 80.4 Å². The highest BCUT2D eigenvalue weighted by Gasteiger charge is 2.15. The number of H-pyrrole nitrogens is 1. The number of aryl methyl sites for hydroxylation is 1. The maximum absolute atomic E-state index is 12.2. The minimum Gasteiger partial charge on any atom is -0.495 e. The van der Waals surface area contributed by atoms with E-state index in [1.165, 1.54) is 38.6 Å². The summed E-state index contributed by atoms with van der Waals surface area (Å²) in [5.41, 5.74) is 0.663. The van der Waals surface area contributed by atoms with Crippen molar-refractivity contribution in [1.82, 2.24) is 4.98 Å². The smallest absolute Gasteiger partial charge is 0.261 e. The van der Waals surface area contributed by atoms with Crippen molar-refractivity contribution in [2.45, 2.75) is 6.92 Å². The summed E-state index contributed by atoms with van der Waals surface area (Å²) in [6.45, 7) is 1.73. The van der Waals surface area contributed by atoms with Gasteiger partial charge in [-0.3, -0.25) is 9.59 Å². The molecule has 2 aromatic rings. The number of rotatable bonds is 4. The van der Waals surface area contributed by atoms with Crippen LogP contribution < -0.4 is 20.2 Å². The van der Waals surface area contributed by atoms with Crippen LogP contribution in [0.25, 0.3) is 0 Å². The second-order valence-electron chi connectivity index (χ2n) is 4.54. The van der Waals surface area contributed by atoms with Crippen LogP contribution in [0.2, 0.25) is 5.02 Å². The summed E-state index contributed by atoms with van der Waals surface area (Å²) in [6, 6.07) is 4.41. The van der Waals surface area contributed by atoms with Gasteiger partial charge >= 0.3 is 0 Å². The second kappa shape index (κ2) is 6.53. The zero-order valence-corrected chi connectivity index (χ0v) is 13.1. The van der Waals surface area contributed by atoms with E-state index >= 15 is 0 Å². The number of methoxy groups -OCH3 is 2. The van der Waals surface area contributed by atoms with E-state index < -0.39 is 5.91 Å². The monoisotopic (exact) mass is 322 g/mol. The molecule has 1 aromatic carbocycles. The molecule has 2 rings (SSSR count). The maximum atomic E-state index is 12.2. The number of aromatic amines is 1. The van der Waals surface area contributed by atoms with Crippen LogP contribution in [0.4, 0.5) is 5.69 Å². The van der Waals surface area contributed by atoms with Crippen LogP contribution in [0.3, 0.4) is 0 Å². The molecule has 6 nitrogen and oxygen atoms in total. The van der Waals surface area contributed by atoms with Crippen LogP contribution in [-0.4, -0.2) is 25.1 Å². The Hall–Kier alpha value is -2.47. The van der Waals surface area contributed by atoms with Crippen LogP contribution in [0.1, 0.15) is 16.1 Å². The molecule has 0 unspecified atom stereocenters. The normalized spacial score (nSPS) is 10.2. The lowest BCUT2D eigenvalue weighted by atomic mass is 10.2. The molecule has 0 radical (unpaired) electrons. The molecule has 0 bridgehead atoms. The summed E-state index contributed by atoms with van der Waals surface area (Å²) in [6.07, 6.45) is 1.37. The van der Waals surface area contributed by atoms with Crippen LogP contribution in [0.15, 0.2) is 29.2 Å². The number of halogens is 1. The maximum Gasteiger partial charge on any atom is 0.261 e. The van der Waals surface area contributed by atoms with Gasteiger partial charge in [0.1, 0.15) is 17.1 Å². The summed E-state index contributed by atoms with van der Waals surface area (Å²) < 4.78 is 10.3. The molecule has 0 fully saturated rings. The van der Waals surface area contributed by atoms with Crippen LogP contribution in [0, 0.1) is 6.92 Å². The molecule has 1 heterocycles. The lowest BCUT2D eigenvalue weighted by Gasteiger charge is -2.13. The number of ether oxygens (including phenoxy) is 2. The summed E-state index contributed by atoms with van der Waals surface area (Å²) in [7, 11) is 2.91. The van der Waals surface area contributed by atoms with E-state index in [4.69, 9.17) is 21.1 Å². The van der Waals surface area contributed by atoms with E-state index in [1.54, 1.807) is 6.92 Å². The van der Waals surface area contributed by atoms with Gasteiger partial charge in [0, 0.05) is 30.1 Å². The Bertz CT molecular complexity index is 771. The predicted molar refractivity (Wildman–Crippen MR) is 84.3 cm³/mol. The van der Waals surface area contributed by atoms with E-state index in [9.17, 15) is 9.59 Å². The number of carbonyl (C=O) groups is 1. The highest BCUT2D eigenvalue weighted by Crippen LogP contribution is 2.35. The van der Waals surface area contributed by atoms with Crippen molar-refractivity contribution in [3.8, 4) is 11.5 Å². The first kappa shape index (κ1) is 15.9. The largest absolute Gasteiger partial charge is 0.495 e. The fourth-order valence-electron chi connectivity index (χ4n) is 1.90. The third-order valence-corrected chi connectivity index (χ3v) is 3.32. The number of aromatic nitrogens is 1. The molecule has 0 saturated carbocycles. The van der Waals surface area contributed by atoms with E-state index in [1.807, 2.05) is 0 Å². The first-order valence-corrected chi connectivity index (χ1v) is 6.76. The third-order valence-electron chi connectivity index (χ3n) is 3.02. The Morgan fingerprint density at radius 1 is 1.18 bits per heavy atom. The second-order valence-corrected chi connectivity index (χ2v) is 4.94. The van der Waals surface area contributed by atoms with Gasteiger partial charge in [0.25, 0.3) is 5.91 Å². The Balaban J connectivity index is 2.37. The minimum atomic E-state index is -0.552. The summed E-state index contributed by atoms with van der Waals surface area (Å²) in [5, 5.41) is 2.97. The van der Waals surface area contributed by atoms with Crippen molar-refractivity contribution in [2.75, 3.05) is 19.5 Å². The Morgan fingerprint density at radius 2 is 1.86 bits per heavy atom. The first-order valence-electron chi connectivity index (χ1n) is 6.38. The van der Waals surface area contributed by atoms with Gasteiger partial charge in [-0.2, -0.15) is 0 Å². The molecular formula is C15H15ClN2O4. The summed E-state index contributed by atoms with van der Waals surface area (Å²) in [5.74, 6) is 0.196. The number of carbonyl (C=O) groups excluding carboxylic acids is 1. The molecule has 7 heteroatoms. The number of hydrogen-bond acceptors (Lipinski definition) is 4. The van der Waals surface area contributed by atoms with Gasteiger partial charge < -0.3 is 19.8 Å². The molecule has 116 valence electrons. The van der Waals surface area contributed by atoms with E-state index in [-0.39, 0.29) is 11.0 Å². The number of amides is 1. The van der Waals surface area contributed by atoms with Gasteiger partial charge in [0.2, 0.25) is 0 Å². The lowest BCUT2D eigenvalue weighted by molar-refractivity contribution is 0.102. The number of benzene rings is 1. The average molecular weight is 323 g/mol. The number of pyridine rings is 1. The number of hydrogen-bond donors (Lipinski definition) is 2. The van der Waals surface area contributed by atoms with Gasteiger partial charge in [0.15, 0.2) is 5.43 Å². The van der Waals surface area contributed by atoms with Gasteiger partial charge in [-0.1, -0.05) is 11.6 Å². The molecule has 0 aliphatic rings. The molecule has 0 aliphatic carbocycles. The van der Waals surface area contributed by atoms with Crippen LogP contribution >= 0.6 is 11.6 Å². The fourth-order valence-corrected chi connectivity index (χ4v) is 2.13. The van der Waals surface area contributed by atoms with Crippen molar-refractivity contribution in [3.05, 3.63) is 50.9 Å². The van der Waals surface area contributed by atoms with E-state index in [0.29, 0.717) is 27.9 Å². The summed E-state index contributed by atoms with van der Waals surface area (Å²) in [4.78, 5) is 26.9. The zero-order valence-electron chi connectivity index (χ0n) is 12.3. The third kappa shape index (κ3) is 3.23. The summed E-state index contributed by atoms with van der Waals surface area (Å²) >= 11 is 6.00. The van der Waals surface area contributed by atoms with Crippen molar-refractivity contribution in [3.63, 3.8) is 0 Å². The van der Waals surface area contributed by atoms with Crippen molar-refractivity contribution in [1.29, 1.82) is 0 Å². The fraction of sp³-hybridized carbons (Fsp3) is 0.200. The number of anilines is 1. The Kier molecular flexibility index (Phi) is 4.72. The lowest BCUT2D eigenvalue weighted by Crippen LogP contribution is -2.21. The molecule has 0 aliphatic heterocycles. The Labute approximate surface area is 132 Å². The molecule has 0 spiro atoms. The molecule has 1 amide bonds. The van der Waals surface area contributed by atoms with Gasteiger partial charge in [-0.05, 0) is 6.92 Å². The van der Waals surface area contributed by atoms with Gasteiger partial charge in [-0.25, -0.2) is 0 Å². The van der Waals surface area contributed by atoms with Crippen LogP contribution in [0.5, 0.6) is 11.5 Å². The van der Waals surface area contributed by atoms with Crippen molar-refractivity contribution in [2.24, 2.45) is 0 Å². The van der Waals surface area contributed by atoms with Crippen molar-refractivity contribution < 1.29 is 14.3 Å². The highest BCUT2D eigenvalue weighted by atomic mass is 35.5. The van der Waals surface area contributed by atoms with Gasteiger partial charge in [0.05, 0.1) is 24.9 Å². The standard InChI is InChI=1S/C15H15ClN2O4/c1-8-4-12(19)9(7-17-8)15(20)18-11-6-13(21-2)10(16)5-14(11)22-3/h4-7H,1-3H3,(H,17,19)(H,18,20). The molecule has 0 atom stereocenters. The highest BCUT2D eigenvalue weighted by molar-refractivity contribution is 6.32. The molecule has 2 N–H and O–H groups in total. The zero-order chi connectivity index (χ0) is 16.3. The molecule has 22 heavy (non-hydrogen) atoms. The quantitative estimate of drug-likeness (QED) is 0.906.